The van der Waals surface area contributed by atoms with Gasteiger partial charge in [0.15, 0.2) is 0 Å². The predicted octanol–water partition coefficient (Wildman–Crippen LogP) is 0.426. The Morgan fingerprint density at radius 3 is 2.04 bits per heavy atom. The van der Waals surface area contributed by atoms with E-state index in [1.807, 2.05) is 0 Å². The minimum Gasteiger partial charge on any atom is -0.493 e. The lowest BCUT2D eigenvalue weighted by molar-refractivity contribution is -0.333. The van der Waals surface area contributed by atoms with Crippen molar-refractivity contribution in [2.75, 3.05) is 72.2 Å². The fourth-order valence-corrected chi connectivity index (χ4v) is 5.98. The predicted molar refractivity (Wildman–Crippen MR) is 159 cm³/mol. The number of carbonyl (C=O) groups is 2. The van der Waals surface area contributed by atoms with E-state index >= 15 is 0 Å². The van der Waals surface area contributed by atoms with Crippen LogP contribution < -0.4 is 4.74 Å². The van der Waals surface area contributed by atoms with Gasteiger partial charge in [0.25, 0.3) is 5.60 Å². The number of nitrogens with zero attached hydrogens (tertiary/aromatic N) is 3. The van der Waals surface area contributed by atoms with Crippen LogP contribution in [-0.2, 0) is 20.7 Å². The van der Waals surface area contributed by atoms with E-state index in [0.717, 1.165) is 12.1 Å². The topological polar surface area (TPSA) is 173 Å². The van der Waals surface area contributed by atoms with Crippen molar-refractivity contribution in [3.05, 3.63) is 29.3 Å². The largest absolute Gasteiger partial charge is 0.493 e. The van der Waals surface area contributed by atoms with Gasteiger partial charge in [0.05, 0.1) is 39.0 Å². The molecule has 0 spiro atoms. The Morgan fingerprint density at radius 2 is 1.51 bits per heavy atom. The number of amides is 2. The minimum atomic E-state index is -4.72. The second-order valence-corrected chi connectivity index (χ2v) is 12.8. The molecule has 3 saturated heterocycles. The molecular weight excluding hydrogens is 669 g/mol. The number of β-amino-alcohol motifs (C(OH)–C–C–N with tert-alkyl or cyclic N) is 1. The molecule has 3 aliphatic heterocycles. The number of rotatable bonds is 14. The molecule has 0 aromatic heterocycles. The summed E-state index contributed by atoms with van der Waals surface area (Å²) in [4.78, 5) is 29.5. The number of hydrogen-bond donors (Lipinski definition) is 5. The van der Waals surface area contributed by atoms with Gasteiger partial charge in [0.2, 0.25) is 5.91 Å². The number of aliphatic hydroxyl groups excluding tert-OH is 5. The van der Waals surface area contributed by atoms with Crippen molar-refractivity contribution in [1.29, 1.82) is 0 Å². The first-order valence-corrected chi connectivity index (χ1v) is 16.2. The third-order valence-electron chi connectivity index (χ3n) is 9.31. The summed E-state index contributed by atoms with van der Waals surface area (Å²) in [5, 5.41) is 48.3. The molecule has 1 aromatic carbocycles. The van der Waals surface area contributed by atoms with Crippen LogP contribution >= 0.6 is 0 Å². The second-order valence-electron chi connectivity index (χ2n) is 12.8. The number of likely N-dealkylation sites (tertiary alicyclic amines) is 1. The lowest BCUT2D eigenvalue weighted by Gasteiger charge is -2.43. The SMILES string of the molecule is O=C(Cc1c(F)cc(OCCCC2CCN(C(=O)OC3(C(F)(F)F)COC3)CC2)cc1F)N1CCN(C[C@H](O)[C@@H](O)[C@H](O)[C@H](O)CO)CC1. The number of benzene rings is 1. The summed E-state index contributed by atoms with van der Waals surface area (Å²) in [6, 6.07) is 2.01. The quantitative estimate of drug-likeness (QED) is 0.134. The van der Waals surface area contributed by atoms with Gasteiger partial charge in [-0.05, 0) is 31.6 Å². The van der Waals surface area contributed by atoms with Crippen molar-refractivity contribution in [2.45, 2.75) is 68.3 Å². The van der Waals surface area contributed by atoms with Crippen LogP contribution in [0.15, 0.2) is 12.1 Å². The third kappa shape index (κ3) is 9.89. The fraction of sp³-hybridized carbons (Fsp3) is 0.742. The summed E-state index contributed by atoms with van der Waals surface area (Å²) < 4.78 is 84.4. The zero-order valence-electron chi connectivity index (χ0n) is 26.9. The second kappa shape index (κ2) is 16.9. The van der Waals surface area contributed by atoms with E-state index in [1.54, 1.807) is 4.90 Å². The summed E-state index contributed by atoms with van der Waals surface area (Å²) in [5.41, 5.74) is -3.01. The molecule has 18 heteroatoms. The van der Waals surface area contributed by atoms with Gasteiger partial charge in [-0.2, -0.15) is 13.2 Å². The molecule has 1 aromatic rings. The molecule has 13 nitrogen and oxygen atoms in total. The molecule has 0 radical (unpaired) electrons. The van der Waals surface area contributed by atoms with Crippen molar-refractivity contribution in [1.82, 2.24) is 14.7 Å². The van der Waals surface area contributed by atoms with Crippen molar-refractivity contribution >= 4 is 12.0 Å². The molecule has 0 unspecified atom stereocenters. The van der Waals surface area contributed by atoms with E-state index in [2.05, 4.69) is 4.74 Å². The summed E-state index contributed by atoms with van der Waals surface area (Å²) >= 11 is 0. The fourth-order valence-electron chi connectivity index (χ4n) is 5.98. The van der Waals surface area contributed by atoms with Crippen LogP contribution in [0.3, 0.4) is 0 Å². The minimum absolute atomic E-state index is 0.0479. The summed E-state index contributed by atoms with van der Waals surface area (Å²) in [6.07, 6.45) is -10.5. The van der Waals surface area contributed by atoms with E-state index in [9.17, 15) is 52.0 Å². The molecule has 4 rings (SSSR count). The maximum atomic E-state index is 14.8. The first kappa shape index (κ1) is 38.9. The van der Waals surface area contributed by atoms with Gasteiger partial charge in [0, 0.05) is 63.5 Å². The van der Waals surface area contributed by atoms with Crippen LogP contribution in [-0.4, -0.2) is 161 Å². The van der Waals surface area contributed by atoms with Crippen molar-refractivity contribution in [3.63, 3.8) is 0 Å². The smallest absolute Gasteiger partial charge is 0.433 e. The zero-order chi connectivity index (χ0) is 35.9. The molecule has 3 fully saturated rings. The third-order valence-corrected chi connectivity index (χ3v) is 9.31. The lowest BCUT2D eigenvalue weighted by atomic mass is 9.92. The Hall–Kier alpha value is -2.87. The first-order valence-electron chi connectivity index (χ1n) is 16.2. The first-order chi connectivity index (χ1) is 23.1. The van der Waals surface area contributed by atoms with Gasteiger partial charge >= 0.3 is 12.3 Å². The number of piperazine rings is 1. The number of hydrogen-bond acceptors (Lipinski definition) is 11. The van der Waals surface area contributed by atoms with Crippen LogP contribution in [0.1, 0.15) is 31.2 Å². The highest BCUT2D eigenvalue weighted by Crippen LogP contribution is 2.40. The van der Waals surface area contributed by atoms with Gasteiger partial charge in [-0.3, -0.25) is 9.69 Å². The summed E-state index contributed by atoms with van der Waals surface area (Å²) in [7, 11) is 0. The molecule has 5 N–H and O–H groups in total. The van der Waals surface area contributed by atoms with Crippen LogP contribution in [0.5, 0.6) is 5.75 Å². The maximum Gasteiger partial charge on any atom is 0.433 e. The number of piperidine rings is 1. The molecular formula is C31H44F5N3O10. The van der Waals surface area contributed by atoms with E-state index in [1.165, 1.54) is 9.80 Å². The van der Waals surface area contributed by atoms with Crippen molar-refractivity contribution in [3.8, 4) is 5.75 Å². The molecule has 49 heavy (non-hydrogen) atoms. The zero-order valence-corrected chi connectivity index (χ0v) is 26.9. The summed E-state index contributed by atoms with van der Waals surface area (Å²) in [5.74, 6) is -2.27. The van der Waals surface area contributed by atoms with Crippen LogP contribution in [0.2, 0.25) is 0 Å². The Morgan fingerprint density at radius 1 is 0.918 bits per heavy atom. The Bertz CT molecular complexity index is 1230. The normalized spacial score (nSPS) is 21.4. The average molecular weight is 714 g/mol. The molecule has 4 atom stereocenters. The van der Waals surface area contributed by atoms with Crippen molar-refractivity contribution < 1.29 is 71.3 Å². The molecule has 2 amide bonds. The maximum absolute atomic E-state index is 14.8. The number of alkyl halides is 3. The molecule has 0 aliphatic carbocycles. The van der Waals surface area contributed by atoms with Gasteiger partial charge in [-0.1, -0.05) is 0 Å². The van der Waals surface area contributed by atoms with Gasteiger partial charge in [-0.25, -0.2) is 13.6 Å². The van der Waals surface area contributed by atoms with Gasteiger partial charge in [-0.15, -0.1) is 0 Å². The van der Waals surface area contributed by atoms with Gasteiger partial charge in [0.1, 0.15) is 35.7 Å². The average Bonchev–Trinajstić information content (AvgIpc) is 3.05. The standard InChI is InChI=1S/C31H44F5N3O10/c32-22-12-20(48-11-1-2-19-3-5-39(6-4-19)29(46)49-30(17-47-18-30)31(34,35)36)13-23(33)21(22)14-26(43)38-9-7-37(8-10-38)15-24(41)27(44)28(45)25(42)16-40/h12-13,19,24-25,27-28,40-42,44-45H,1-11,14-18H2/t24-,25+,27+,28+/m0/s1. The highest BCUT2D eigenvalue weighted by atomic mass is 19.4. The van der Waals surface area contributed by atoms with Crippen molar-refractivity contribution in [2.24, 2.45) is 5.92 Å². The van der Waals surface area contributed by atoms with Crippen LogP contribution in [0.4, 0.5) is 26.7 Å². The number of carbonyl (C=O) groups excluding carboxylic acids is 2. The van der Waals surface area contributed by atoms with E-state index in [0.29, 0.717) is 25.7 Å². The monoisotopic (exact) mass is 713 g/mol. The molecule has 278 valence electrons. The Labute approximate surface area is 279 Å². The van der Waals surface area contributed by atoms with Gasteiger partial charge < -0.3 is 49.5 Å². The molecule has 3 heterocycles. The Balaban J connectivity index is 1.14. The van der Waals surface area contributed by atoms with Crippen LogP contribution in [0, 0.1) is 17.6 Å². The van der Waals surface area contributed by atoms with E-state index < -0.39 is 91.6 Å². The van der Waals surface area contributed by atoms with E-state index in [-0.39, 0.29) is 64.1 Å². The van der Waals surface area contributed by atoms with Crippen LogP contribution in [0.25, 0.3) is 0 Å². The highest BCUT2D eigenvalue weighted by molar-refractivity contribution is 5.79. The lowest BCUT2D eigenvalue weighted by Crippen LogP contribution is -2.64. The summed E-state index contributed by atoms with van der Waals surface area (Å²) in [6.45, 7) is -0.779. The molecule has 3 aliphatic rings. The molecule has 0 saturated carbocycles. The number of ether oxygens (including phenoxy) is 3. The number of halogens is 5. The highest BCUT2D eigenvalue weighted by Gasteiger charge is 2.64. The van der Waals surface area contributed by atoms with E-state index in [4.69, 9.17) is 14.6 Å². The molecule has 0 bridgehead atoms. The number of aliphatic hydroxyl groups is 5. The Kier molecular flexibility index (Phi) is 13.4.